The summed E-state index contributed by atoms with van der Waals surface area (Å²) in [7, 11) is 2.03. The summed E-state index contributed by atoms with van der Waals surface area (Å²) in [6.45, 7) is 5.11. The van der Waals surface area contributed by atoms with Crippen LogP contribution >= 0.6 is 0 Å². The van der Waals surface area contributed by atoms with E-state index in [2.05, 4.69) is 23.4 Å². The third-order valence-electron chi connectivity index (χ3n) is 2.50. The Morgan fingerprint density at radius 1 is 1.54 bits per heavy atom. The summed E-state index contributed by atoms with van der Waals surface area (Å²) < 4.78 is 2.06. The van der Waals surface area contributed by atoms with Crippen LogP contribution in [0.15, 0.2) is 12.4 Å². The van der Waals surface area contributed by atoms with E-state index in [1.54, 1.807) is 0 Å². The Kier molecular flexibility index (Phi) is 3.09. The molecule has 0 radical (unpaired) electrons. The van der Waals surface area contributed by atoms with Gasteiger partial charge in [-0.25, -0.2) is 4.98 Å². The molecule has 0 aromatic carbocycles. The van der Waals surface area contributed by atoms with Crippen molar-refractivity contribution in [2.24, 2.45) is 18.2 Å². The Bertz CT molecular complexity index is 263. The summed E-state index contributed by atoms with van der Waals surface area (Å²) in [6.07, 6.45) is 5.91. The van der Waals surface area contributed by atoms with Gasteiger partial charge in [-0.2, -0.15) is 0 Å². The van der Waals surface area contributed by atoms with E-state index in [1.807, 2.05) is 19.4 Å². The highest BCUT2D eigenvalue weighted by Gasteiger charge is 2.15. The fourth-order valence-corrected chi connectivity index (χ4v) is 1.19. The topological polar surface area (TPSA) is 43.8 Å². The fraction of sp³-hybridized carbons (Fsp3) is 0.700. The molecule has 0 aliphatic heterocycles. The molecule has 0 atom stereocenters. The highest BCUT2D eigenvalue weighted by atomic mass is 15.0. The van der Waals surface area contributed by atoms with E-state index in [0.29, 0.717) is 0 Å². The van der Waals surface area contributed by atoms with Crippen molar-refractivity contribution >= 4 is 0 Å². The van der Waals surface area contributed by atoms with Crippen LogP contribution in [-0.2, 0) is 13.5 Å². The standard InChI is InChI=1S/C10H19N3/c1-10(2,8-11)5-4-9-12-6-7-13(9)3/h6-7H,4-5,8,11H2,1-3H3. The molecule has 13 heavy (non-hydrogen) atoms. The molecule has 3 nitrogen and oxygen atoms in total. The van der Waals surface area contributed by atoms with E-state index in [1.165, 1.54) is 0 Å². The van der Waals surface area contributed by atoms with Gasteiger partial charge in [0, 0.05) is 25.9 Å². The van der Waals surface area contributed by atoms with Crippen LogP contribution in [0.2, 0.25) is 0 Å². The molecular weight excluding hydrogens is 162 g/mol. The monoisotopic (exact) mass is 181 g/mol. The average Bonchev–Trinajstić information content (AvgIpc) is 2.48. The molecule has 0 amide bonds. The van der Waals surface area contributed by atoms with E-state index in [0.717, 1.165) is 25.2 Å². The van der Waals surface area contributed by atoms with Gasteiger partial charge in [-0.15, -0.1) is 0 Å². The van der Waals surface area contributed by atoms with Gasteiger partial charge in [0.1, 0.15) is 5.82 Å². The van der Waals surface area contributed by atoms with Crippen molar-refractivity contribution < 1.29 is 0 Å². The zero-order valence-electron chi connectivity index (χ0n) is 8.75. The number of imidazole rings is 1. The highest BCUT2D eigenvalue weighted by Crippen LogP contribution is 2.20. The minimum atomic E-state index is 0.228. The molecule has 0 saturated carbocycles. The molecule has 0 aliphatic carbocycles. The van der Waals surface area contributed by atoms with Gasteiger partial charge >= 0.3 is 0 Å². The molecule has 2 N–H and O–H groups in total. The van der Waals surface area contributed by atoms with Gasteiger partial charge in [-0.05, 0) is 18.4 Å². The molecule has 0 unspecified atom stereocenters. The fourth-order valence-electron chi connectivity index (χ4n) is 1.19. The molecule has 0 bridgehead atoms. The second-order valence-corrected chi connectivity index (χ2v) is 4.32. The predicted octanol–water partition coefficient (Wildman–Crippen LogP) is 1.34. The van der Waals surface area contributed by atoms with Crippen LogP contribution in [-0.4, -0.2) is 16.1 Å². The summed E-state index contributed by atoms with van der Waals surface area (Å²) in [6, 6.07) is 0. The SMILES string of the molecule is Cn1ccnc1CCC(C)(C)CN. The third-order valence-corrected chi connectivity index (χ3v) is 2.50. The van der Waals surface area contributed by atoms with Crippen molar-refractivity contribution in [3.05, 3.63) is 18.2 Å². The van der Waals surface area contributed by atoms with E-state index < -0.39 is 0 Å². The molecule has 1 heterocycles. The van der Waals surface area contributed by atoms with Crippen LogP contribution in [0.3, 0.4) is 0 Å². The molecule has 3 heteroatoms. The first-order chi connectivity index (χ1) is 6.05. The van der Waals surface area contributed by atoms with Gasteiger partial charge < -0.3 is 10.3 Å². The van der Waals surface area contributed by atoms with Crippen LogP contribution in [0.1, 0.15) is 26.1 Å². The first-order valence-electron chi connectivity index (χ1n) is 4.71. The van der Waals surface area contributed by atoms with Gasteiger partial charge in [0.25, 0.3) is 0 Å². The van der Waals surface area contributed by atoms with Gasteiger partial charge in [0.15, 0.2) is 0 Å². The quantitative estimate of drug-likeness (QED) is 0.761. The lowest BCUT2D eigenvalue weighted by atomic mass is 9.88. The van der Waals surface area contributed by atoms with Crippen molar-refractivity contribution in [3.8, 4) is 0 Å². The zero-order chi connectivity index (χ0) is 9.90. The summed E-state index contributed by atoms with van der Waals surface area (Å²) in [5.74, 6) is 1.14. The van der Waals surface area contributed by atoms with Crippen molar-refractivity contribution in [3.63, 3.8) is 0 Å². The second kappa shape index (κ2) is 3.92. The number of hydrogen-bond acceptors (Lipinski definition) is 2. The zero-order valence-corrected chi connectivity index (χ0v) is 8.75. The summed E-state index contributed by atoms with van der Waals surface area (Å²) in [5.41, 5.74) is 5.88. The van der Waals surface area contributed by atoms with E-state index in [-0.39, 0.29) is 5.41 Å². The van der Waals surface area contributed by atoms with E-state index >= 15 is 0 Å². The second-order valence-electron chi connectivity index (χ2n) is 4.32. The molecule has 1 aromatic rings. The Morgan fingerprint density at radius 2 is 2.23 bits per heavy atom. The molecule has 0 aliphatic rings. The van der Waals surface area contributed by atoms with E-state index in [9.17, 15) is 0 Å². The number of hydrogen-bond donors (Lipinski definition) is 1. The van der Waals surface area contributed by atoms with Crippen molar-refractivity contribution in [2.45, 2.75) is 26.7 Å². The molecule has 1 aromatic heterocycles. The van der Waals surface area contributed by atoms with Crippen LogP contribution in [0.4, 0.5) is 0 Å². The van der Waals surface area contributed by atoms with Crippen LogP contribution < -0.4 is 5.73 Å². The lowest BCUT2D eigenvalue weighted by Crippen LogP contribution is -2.24. The maximum atomic E-state index is 5.66. The lowest BCUT2D eigenvalue weighted by molar-refractivity contribution is 0.343. The number of aryl methyl sites for hydroxylation is 2. The normalized spacial score (nSPS) is 12.0. The number of nitrogens with zero attached hydrogens (tertiary/aromatic N) is 2. The summed E-state index contributed by atoms with van der Waals surface area (Å²) in [5, 5.41) is 0. The molecule has 0 fully saturated rings. The minimum absolute atomic E-state index is 0.228. The Balaban J connectivity index is 2.48. The Labute approximate surface area is 80.0 Å². The van der Waals surface area contributed by atoms with Crippen LogP contribution in [0.25, 0.3) is 0 Å². The predicted molar refractivity (Wildman–Crippen MR) is 54.4 cm³/mol. The Morgan fingerprint density at radius 3 is 2.69 bits per heavy atom. The van der Waals surface area contributed by atoms with E-state index in [4.69, 9.17) is 5.73 Å². The summed E-state index contributed by atoms with van der Waals surface area (Å²) >= 11 is 0. The minimum Gasteiger partial charge on any atom is -0.338 e. The van der Waals surface area contributed by atoms with Gasteiger partial charge in [-0.3, -0.25) is 0 Å². The number of aromatic nitrogens is 2. The smallest absolute Gasteiger partial charge is 0.108 e. The highest BCUT2D eigenvalue weighted by molar-refractivity contribution is 4.92. The van der Waals surface area contributed by atoms with Gasteiger partial charge in [0.05, 0.1) is 0 Å². The lowest BCUT2D eigenvalue weighted by Gasteiger charge is -2.21. The van der Waals surface area contributed by atoms with Gasteiger partial charge in [-0.1, -0.05) is 13.8 Å². The Hall–Kier alpha value is -0.830. The van der Waals surface area contributed by atoms with Crippen molar-refractivity contribution in [1.82, 2.24) is 9.55 Å². The summed E-state index contributed by atoms with van der Waals surface area (Å²) in [4.78, 5) is 4.28. The van der Waals surface area contributed by atoms with Crippen LogP contribution in [0, 0.1) is 5.41 Å². The largest absolute Gasteiger partial charge is 0.338 e. The molecular formula is C10H19N3. The first kappa shape index (κ1) is 10.3. The molecule has 0 spiro atoms. The maximum absolute atomic E-state index is 5.66. The van der Waals surface area contributed by atoms with Gasteiger partial charge in [0.2, 0.25) is 0 Å². The molecule has 1 rings (SSSR count). The van der Waals surface area contributed by atoms with Crippen molar-refractivity contribution in [1.29, 1.82) is 0 Å². The van der Waals surface area contributed by atoms with Crippen molar-refractivity contribution in [2.75, 3.05) is 6.54 Å². The molecule has 0 saturated heterocycles. The number of rotatable bonds is 4. The maximum Gasteiger partial charge on any atom is 0.108 e. The first-order valence-corrected chi connectivity index (χ1v) is 4.71. The number of nitrogens with two attached hydrogens (primary N) is 1. The molecule has 74 valence electrons. The van der Waals surface area contributed by atoms with Crippen LogP contribution in [0.5, 0.6) is 0 Å². The third kappa shape index (κ3) is 2.84. The average molecular weight is 181 g/mol.